The summed E-state index contributed by atoms with van der Waals surface area (Å²) in [6.07, 6.45) is -1.09. The molecule has 5 N–H and O–H groups in total. The van der Waals surface area contributed by atoms with Crippen molar-refractivity contribution in [3.63, 3.8) is 0 Å². The summed E-state index contributed by atoms with van der Waals surface area (Å²) in [6, 6.07) is 3.25. The van der Waals surface area contributed by atoms with Gasteiger partial charge in [0.2, 0.25) is 0 Å². The molecule has 1 aromatic rings. The van der Waals surface area contributed by atoms with E-state index in [9.17, 15) is 15.0 Å². The number of hydrogen-bond acceptors (Lipinski definition) is 6. The Morgan fingerprint density at radius 3 is 2.63 bits per heavy atom. The van der Waals surface area contributed by atoms with Gasteiger partial charge in [0, 0.05) is 24.3 Å². The largest absolute Gasteiger partial charge is 0.388 e. The maximum atomic E-state index is 12.3. The molecule has 2 unspecified atom stereocenters. The van der Waals surface area contributed by atoms with E-state index in [1.807, 2.05) is 6.92 Å². The summed E-state index contributed by atoms with van der Waals surface area (Å²) in [5.41, 5.74) is 3.62. The molecule has 0 bridgehead atoms. The number of aliphatic hydroxyl groups excluding tert-OH is 2. The topological polar surface area (TPSA) is 112 Å². The Morgan fingerprint density at radius 1 is 1.47 bits per heavy atom. The van der Waals surface area contributed by atoms with Crippen molar-refractivity contribution >= 4 is 11.7 Å². The predicted molar refractivity (Wildman–Crippen MR) is 69.3 cm³/mol. The Kier molecular flexibility index (Phi) is 3.98. The molecule has 104 valence electrons. The molecule has 2 rings (SSSR count). The number of aryl methyl sites for hydroxylation is 1. The Balaban J connectivity index is 2.23. The van der Waals surface area contributed by atoms with E-state index in [4.69, 9.17) is 5.84 Å². The van der Waals surface area contributed by atoms with Crippen LogP contribution in [-0.2, 0) is 6.42 Å². The Morgan fingerprint density at radius 2 is 2.11 bits per heavy atom. The zero-order valence-electron chi connectivity index (χ0n) is 10.7. The van der Waals surface area contributed by atoms with Gasteiger partial charge in [0.25, 0.3) is 5.91 Å². The number of hydrazine groups is 1. The first kappa shape index (κ1) is 13.7. The van der Waals surface area contributed by atoms with Gasteiger partial charge in [-0.3, -0.25) is 4.79 Å². The van der Waals surface area contributed by atoms with E-state index in [1.165, 1.54) is 4.90 Å². The lowest BCUT2D eigenvalue weighted by Crippen LogP contribution is -2.30. The van der Waals surface area contributed by atoms with Gasteiger partial charge >= 0.3 is 0 Å². The Hall–Kier alpha value is -1.70. The molecular formula is C12H18N4O3. The number of likely N-dealkylation sites (tertiary alicyclic amines) is 1. The lowest BCUT2D eigenvalue weighted by atomic mass is 10.1. The molecular weight excluding hydrogens is 248 g/mol. The summed E-state index contributed by atoms with van der Waals surface area (Å²) >= 11 is 0. The van der Waals surface area contributed by atoms with Crippen molar-refractivity contribution < 1.29 is 15.0 Å². The van der Waals surface area contributed by atoms with Crippen LogP contribution in [0.2, 0.25) is 0 Å². The first-order valence-corrected chi connectivity index (χ1v) is 6.18. The van der Waals surface area contributed by atoms with Gasteiger partial charge in [-0.15, -0.1) is 0 Å². The third-order valence-corrected chi connectivity index (χ3v) is 3.18. The van der Waals surface area contributed by atoms with Crippen LogP contribution in [-0.4, -0.2) is 51.3 Å². The van der Waals surface area contributed by atoms with E-state index in [1.54, 1.807) is 12.1 Å². The number of nitrogen functional groups attached to an aromatic ring is 1. The van der Waals surface area contributed by atoms with Crippen molar-refractivity contribution in [1.82, 2.24) is 9.88 Å². The van der Waals surface area contributed by atoms with E-state index in [0.717, 1.165) is 5.69 Å². The third kappa shape index (κ3) is 2.83. The van der Waals surface area contributed by atoms with Crippen LogP contribution in [0.15, 0.2) is 12.1 Å². The summed E-state index contributed by atoms with van der Waals surface area (Å²) in [6.45, 7) is 2.20. The van der Waals surface area contributed by atoms with Gasteiger partial charge in [0.15, 0.2) is 0 Å². The van der Waals surface area contributed by atoms with Gasteiger partial charge in [-0.05, 0) is 18.6 Å². The van der Waals surface area contributed by atoms with Crippen LogP contribution in [0.3, 0.4) is 0 Å². The number of pyridine rings is 1. The normalized spacial score (nSPS) is 22.6. The van der Waals surface area contributed by atoms with Crippen molar-refractivity contribution in [2.24, 2.45) is 5.84 Å². The summed E-state index contributed by atoms with van der Waals surface area (Å²) in [7, 11) is 0. The Labute approximate surface area is 111 Å². The van der Waals surface area contributed by atoms with Crippen LogP contribution >= 0.6 is 0 Å². The number of nitrogens with zero attached hydrogens (tertiary/aromatic N) is 2. The molecule has 0 aromatic carbocycles. The predicted octanol–water partition coefficient (Wildman–Crippen LogP) is -0.893. The molecule has 1 fully saturated rings. The number of nitrogens with two attached hydrogens (primary N) is 1. The monoisotopic (exact) mass is 266 g/mol. The molecule has 1 aliphatic rings. The quantitative estimate of drug-likeness (QED) is 0.417. The second-order valence-electron chi connectivity index (χ2n) is 4.58. The summed E-state index contributed by atoms with van der Waals surface area (Å²) in [4.78, 5) is 17.9. The highest BCUT2D eigenvalue weighted by Crippen LogP contribution is 2.17. The van der Waals surface area contributed by atoms with E-state index >= 15 is 0 Å². The van der Waals surface area contributed by atoms with Gasteiger partial charge in [0.1, 0.15) is 5.82 Å². The van der Waals surface area contributed by atoms with E-state index in [-0.39, 0.29) is 19.0 Å². The number of amides is 1. The minimum Gasteiger partial charge on any atom is -0.388 e. The standard InChI is InChI=1S/C12H18N4O3/c1-2-8-3-7(4-11(14-8)15-13)12(19)16-5-9(17)10(18)6-16/h3-4,9-10,17-18H,2,5-6,13H2,1H3,(H,14,15). The number of β-amino-alcohol motifs (C(OH)–C–C–N with tert-alkyl or cyclic N) is 2. The molecule has 2 atom stereocenters. The molecule has 1 aliphatic heterocycles. The van der Waals surface area contributed by atoms with Gasteiger partial charge < -0.3 is 20.5 Å². The van der Waals surface area contributed by atoms with Crippen molar-refractivity contribution in [3.05, 3.63) is 23.4 Å². The number of anilines is 1. The minimum atomic E-state index is -0.886. The molecule has 0 saturated carbocycles. The first-order chi connectivity index (χ1) is 9.05. The zero-order valence-corrected chi connectivity index (χ0v) is 10.7. The van der Waals surface area contributed by atoms with Gasteiger partial charge in [-0.1, -0.05) is 6.92 Å². The number of aromatic nitrogens is 1. The summed E-state index contributed by atoms with van der Waals surface area (Å²) in [5.74, 6) is 5.50. The van der Waals surface area contributed by atoms with Gasteiger partial charge in [0.05, 0.1) is 12.2 Å². The molecule has 19 heavy (non-hydrogen) atoms. The molecule has 7 heteroatoms. The fourth-order valence-corrected chi connectivity index (χ4v) is 2.08. The van der Waals surface area contributed by atoms with E-state index < -0.39 is 12.2 Å². The number of nitrogens with one attached hydrogen (secondary N) is 1. The molecule has 1 saturated heterocycles. The number of carbonyl (C=O) groups excluding carboxylic acids is 1. The van der Waals surface area contributed by atoms with Crippen LogP contribution < -0.4 is 11.3 Å². The first-order valence-electron chi connectivity index (χ1n) is 6.18. The van der Waals surface area contributed by atoms with Crippen molar-refractivity contribution in [2.45, 2.75) is 25.6 Å². The van der Waals surface area contributed by atoms with E-state index in [2.05, 4.69) is 10.4 Å². The molecule has 0 aliphatic carbocycles. The number of aliphatic hydroxyl groups is 2. The highest BCUT2D eigenvalue weighted by Gasteiger charge is 2.33. The lowest BCUT2D eigenvalue weighted by Gasteiger charge is -2.16. The average molecular weight is 266 g/mol. The fraction of sp³-hybridized carbons (Fsp3) is 0.500. The number of carbonyl (C=O) groups is 1. The maximum absolute atomic E-state index is 12.3. The fourth-order valence-electron chi connectivity index (χ4n) is 2.08. The van der Waals surface area contributed by atoms with Crippen LogP contribution in [0.5, 0.6) is 0 Å². The average Bonchev–Trinajstić information content (AvgIpc) is 2.77. The Bertz CT molecular complexity index is 448. The third-order valence-electron chi connectivity index (χ3n) is 3.18. The maximum Gasteiger partial charge on any atom is 0.254 e. The van der Waals surface area contributed by atoms with Gasteiger partial charge in [-0.2, -0.15) is 0 Å². The SMILES string of the molecule is CCc1cc(C(=O)N2CC(O)C(O)C2)cc(NN)n1. The highest BCUT2D eigenvalue weighted by molar-refractivity contribution is 5.95. The molecule has 2 heterocycles. The van der Waals surface area contributed by atoms with Crippen molar-refractivity contribution in [3.8, 4) is 0 Å². The van der Waals surface area contributed by atoms with E-state index in [0.29, 0.717) is 17.8 Å². The second kappa shape index (κ2) is 5.52. The molecule has 0 spiro atoms. The smallest absolute Gasteiger partial charge is 0.254 e. The van der Waals surface area contributed by atoms with Crippen molar-refractivity contribution in [2.75, 3.05) is 18.5 Å². The highest BCUT2D eigenvalue weighted by atomic mass is 16.3. The molecule has 1 amide bonds. The van der Waals surface area contributed by atoms with Crippen molar-refractivity contribution in [1.29, 1.82) is 0 Å². The number of hydrogen-bond donors (Lipinski definition) is 4. The number of rotatable bonds is 3. The zero-order chi connectivity index (χ0) is 14.0. The lowest BCUT2D eigenvalue weighted by molar-refractivity contribution is 0.0572. The molecule has 0 radical (unpaired) electrons. The molecule has 1 aromatic heterocycles. The van der Waals surface area contributed by atoms with Gasteiger partial charge in [-0.25, -0.2) is 10.8 Å². The van der Waals surface area contributed by atoms with Crippen LogP contribution in [0.25, 0.3) is 0 Å². The molecule has 7 nitrogen and oxygen atoms in total. The minimum absolute atomic E-state index is 0.134. The van der Waals surface area contributed by atoms with Crippen LogP contribution in [0.4, 0.5) is 5.82 Å². The van der Waals surface area contributed by atoms with Crippen LogP contribution in [0, 0.1) is 0 Å². The summed E-state index contributed by atoms with van der Waals surface area (Å²) < 4.78 is 0. The second-order valence-corrected chi connectivity index (χ2v) is 4.58. The summed E-state index contributed by atoms with van der Waals surface area (Å²) in [5, 5.41) is 19.0. The van der Waals surface area contributed by atoms with Crippen LogP contribution in [0.1, 0.15) is 23.0 Å².